The highest BCUT2D eigenvalue weighted by Crippen LogP contribution is 2.24. The predicted molar refractivity (Wildman–Crippen MR) is 53.0 cm³/mol. The summed E-state index contributed by atoms with van der Waals surface area (Å²) in [6, 6.07) is 1.69. The number of carbonyl (C=O) groups excluding carboxylic acids is 1. The van der Waals surface area contributed by atoms with Crippen LogP contribution in [0.4, 0.5) is 0 Å². The molecule has 0 atom stereocenters. The van der Waals surface area contributed by atoms with Crippen molar-refractivity contribution in [2.45, 2.75) is 20.0 Å². The molecule has 0 unspecified atom stereocenters. The summed E-state index contributed by atoms with van der Waals surface area (Å²) in [6.45, 7) is 3.82. The molecule has 78 valence electrons. The maximum Gasteiger partial charge on any atom is 0.262 e. The summed E-state index contributed by atoms with van der Waals surface area (Å²) in [5.74, 6) is 0.587. The minimum absolute atomic E-state index is 0.0114. The molecule has 5 heteroatoms. The van der Waals surface area contributed by atoms with Gasteiger partial charge < -0.3 is 9.15 Å². The number of carbonyl (C=O) groups is 1. The third kappa shape index (κ3) is 1.81. The Hall–Kier alpha value is -1.91. The second-order valence-corrected chi connectivity index (χ2v) is 3.30. The van der Waals surface area contributed by atoms with Crippen LogP contribution in [-0.2, 0) is 0 Å². The lowest BCUT2D eigenvalue weighted by Gasteiger charge is -2.08. The summed E-state index contributed by atoms with van der Waals surface area (Å²) in [5.41, 5.74) is 0.795. The molecule has 0 amide bonds. The number of oxazole rings is 1. The highest BCUT2D eigenvalue weighted by molar-refractivity contribution is 5.80. The number of pyridine rings is 1. The Kier molecular flexibility index (Phi) is 2.37. The van der Waals surface area contributed by atoms with Gasteiger partial charge in [-0.2, -0.15) is 0 Å². The van der Waals surface area contributed by atoms with E-state index in [1.54, 1.807) is 12.3 Å². The molecule has 0 aliphatic heterocycles. The Bertz CT molecular complexity index is 490. The molecule has 0 saturated heterocycles. The normalized spacial score (nSPS) is 10.9. The standard InChI is InChI=1S/C10H10N2O3/c1-6(2)14-7-3-4-11-10-9(7)12-8(5-13)15-10/h3-6H,1-2H3. The van der Waals surface area contributed by atoms with E-state index in [9.17, 15) is 4.79 Å². The number of ether oxygens (including phenoxy) is 1. The Morgan fingerprint density at radius 1 is 1.53 bits per heavy atom. The molecule has 0 spiro atoms. The molecule has 2 aromatic rings. The van der Waals surface area contributed by atoms with E-state index in [1.807, 2.05) is 13.8 Å². The number of aldehydes is 1. The van der Waals surface area contributed by atoms with Crippen LogP contribution in [0.3, 0.4) is 0 Å². The van der Waals surface area contributed by atoms with Crippen molar-refractivity contribution in [3.63, 3.8) is 0 Å². The summed E-state index contributed by atoms with van der Waals surface area (Å²) >= 11 is 0. The molecule has 0 fully saturated rings. The lowest BCUT2D eigenvalue weighted by atomic mass is 10.4. The van der Waals surface area contributed by atoms with Crippen molar-refractivity contribution in [1.29, 1.82) is 0 Å². The van der Waals surface area contributed by atoms with Crippen LogP contribution in [0, 0.1) is 0 Å². The molecule has 15 heavy (non-hydrogen) atoms. The van der Waals surface area contributed by atoms with Gasteiger partial charge in [-0.25, -0.2) is 9.97 Å². The zero-order valence-corrected chi connectivity index (χ0v) is 8.43. The zero-order chi connectivity index (χ0) is 10.8. The second kappa shape index (κ2) is 3.68. The maximum absolute atomic E-state index is 10.5. The minimum Gasteiger partial charge on any atom is -0.488 e. The molecule has 0 aliphatic carbocycles. The maximum atomic E-state index is 10.5. The number of fused-ring (bicyclic) bond motifs is 1. The predicted octanol–water partition coefficient (Wildman–Crippen LogP) is 1.82. The number of hydrogen-bond donors (Lipinski definition) is 0. The minimum atomic E-state index is 0.0114. The van der Waals surface area contributed by atoms with Crippen LogP contribution < -0.4 is 4.74 Å². The summed E-state index contributed by atoms with van der Waals surface area (Å²) in [5, 5.41) is 0. The van der Waals surface area contributed by atoms with E-state index in [-0.39, 0.29) is 12.0 Å². The first-order valence-corrected chi connectivity index (χ1v) is 4.58. The van der Waals surface area contributed by atoms with Gasteiger partial charge in [0, 0.05) is 12.3 Å². The summed E-state index contributed by atoms with van der Waals surface area (Å²) in [7, 11) is 0. The third-order valence-corrected chi connectivity index (χ3v) is 1.74. The molecular formula is C10H10N2O3. The molecule has 0 aliphatic rings. The number of hydrogen-bond acceptors (Lipinski definition) is 5. The highest BCUT2D eigenvalue weighted by Gasteiger charge is 2.11. The summed E-state index contributed by atoms with van der Waals surface area (Å²) in [6.07, 6.45) is 2.13. The van der Waals surface area contributed by atoms with Crippen LogP contribution in [0.1, 0.15) is 24.5 Å². The molecule has 2 aromatic heterocycles. The van der Waals surface area contributed by atoms with Crippen LogP contribution in [-0.4, -0.2) is 22.4 Å². The van der Waals surface area contributed by atoms with Crippen molar-refractivity contribution >= 4 is 17.5 Å². The average molecular weight is 206 g/mol. The van der Waals surface area contributed by atoms with Crippen molar-refractivity contribution in [2.75, 3.05) is 0 Å². The Balaban J connectivity index is 2.54. The van der Waals surface area contributed by atoms with E-state index in [0.717, 1.165) is 0 Å². The van der Waals surface area contributed by atoms with Crippen molar-refractivity contribution in [3.05, 3.63) is 18.2 Å². The summed E-state index contributed by atoms with van der Waals surface area (Å²) in [4.78, 5) is 18.4. The van der Waals surface area contributed by atoms with Crippen LogP contribution in [0.25, 0.3) is 11.2 Å². The van der Waals surface area contributed by atoms with Crippen molar-refractivity contribution in [3.8, 4) is 5.75 Å². The smallest absolute Gasteiger partial charge is 0.262 e. The molecular weight excluding hydrogens is 196 g/mol. The van der Waals surface area contributed by atoms with Crippen LogP contribution in [0.5, 0.6) is 5.75 Å². The van der Waals surface area contributed by atoms with Gasteiger partial charge in [-0.15, -0.1) is 0 Å². The van der Waals surface area contributed by atoms with Crippen LogP contribution in [0.2, 0.25) is 0 Å². The van der Waals surface area contributed by atoms with Gasteiger partial charge in [-0.1, -0.05) is 0 Å². The van der Waals surface area contributed by atoms with E-state index in [2.05, 4.69) is 9.97 Å². The van der Waals surface area contributed by atoms with Crippen LogP contribution >= 0.6 is 0 Å². The van der Waals surface area contributed by atoms with Crippen molar-refractivity contribution in [2.24, 2.45) is 0 Å². The van der Waals surface area contributed by atoms with Gasteiger partial charge in [0.25, 0.3) is 11.6 Å². The van der Waals surface area contributed by atoms with E-state index in [4.69, 9.17) is 9.15 Å². The van der Waals surface area contributed by atoms with Gasteiger partial charge >= 0.3 is 0 Å². The fourth-order valence-electron chi connectivity index (χ4n) is 1.23. The van der Waals surface area contributed by atoms with E-state index in [1.165, 1.54) is 0 Å². The van der Waals surface area contributed by atoms with Gasteiger partial charge in [0.05, 0.1) is 6.10 Å². The quantitative estimate of drug-likeness (QED) is 0.716. The summed E-state index contributed by atoms with van der Waals surface area (Å²) < 4.78 is 10.6. The van der Waals surface area contributed by atoms with Gasteiger partial charge in [0.1, 0.15) is 0 Å². The lowest BCUT2D eigenvalue weighted by molar-refractivity contribution is 0.109. The highest BCUT2D eigenvalue weighted by atomic mass is 16.5. The zero-order valence-electron chi connectivity index (χ0n) is 8.43. The lowest BCUT2D eigenvalue weighted by Crippen LogP contribution is -2.05. The van der Waals surface area contributed by atoms with Crippen molar-refractivity contribution < 1.29 is 13.9 Å². The molecule has 0 aromatic carbocycles. The average Bonchev–Trinajstić information content (AvgIpc) is 2.61. The molecule has 2 heterocycles. The largest absolute Gasteiger partial charge is 0.488 e. The monoisotopic (exact) mass is 206 g/mol. The Morgan fingerprint density at radius 2 is 2.33 bits per heavy atom. The molecule has 0 bridgehead atoms. The van der Waals surface area contributed by atoms with Crippen LogP contribution in [0.15, 0.2) is 16.7 Å². The third-order valence-electron chi connectivity index (χ3n) is 1.74. The molecule has 0 radical (unpaired) electrons. The first kappa shape index (κ1) is 9.64. The first-order chi connectivity index (χ1) is 7.20. The van der Waals surface area contributed by atoms with Crippen molar-refractivity contribution in [1.82, 2.24) is 9.97 Å². The van der Waals surface area contributed by atoms with Gasteiger partial charge in [-0.05, 0) is 13.8 Å². The first-order valence-electron chi connectivity index (χ1n) is 4.58. The Labute approximate surface area is 86.1 Å². The van der Waals surface area contributed by atoms with E-state index in [0.29, 0.717) is 23.3 Å². The molecule has 5 nitrogen and oxygen atoms in total. The fraction of sp³-hybridized carbons (Fsp3) is 0.300. The fourth-order valence-corrected chi connectivity index (χ4v) is 1.23. The molecule has 0 N–H and O–H groups in total. The Morgan fingerprint density at radius 3 is 3.00 bits per heavy atom. The van der Waals surface area contributed by atoms with Gasteiger partial charge in [-0.3, -0.25) is 4.79 Å². The van der Waals surface area contributed by atoms with E-state index >= 15 is 0 Å². The second-order valence-electron chi connectivity index (χ2n) is 3.30. The van der Waals surface area contributed by atoms with E-state index < -0.39 is 0 Å². The molecule has 0 saturated carbocycles. The number of rotatable bonds is 3. The number of nitrogens with zero attached hydrogens (tertiary/aromatic N) is 2. The molecule has 2 rings (SSSR count). The SMILES string of the molecule is CC(C)Oc1ccnc2oc(C=O)nc12. The van der Waals surface area contributed by atoms with Gasteiger partial charge in [0.2, 0.25) is 6.29 Å². The van der Waals surface area contributed by atoms with Gasteiger partial charge in [0.15, 0.2) is 11.3 Å². The number of aromatic nitrogens is 2. The topological polar surface area (TPSA) is 65.2 Å².